The van der Waals surface area contributed by atoms with Crippen molar-refractivity contribution >= 4 is 0 Å². The fourth-order valence-corrected chi connectivity index (χ4v) is 0.0945. The van der Waals surface area contributed by atoms with Crippen molar-refractivity contribution in [2.45, 2.75) is 46.0 Å². The lowest BCUT2D eigenvalue weighted by molar-refractivity contribution is 0.120. The Labute approximate surface area is 61.6 Å². The molecular weight excluding hydrogens is 134 g/mol. The summed E-state index contributed by atoms with van der Waals surface area (Å²) >= 11 is 0. The van der Waals surface area contributed by atoms with Crippen molar-refractivity contribution in [3.63, 3.8) is 0 Å². The molecule has 0 aliphatic heterocycles. The molecule has 1 saturated carbocycles. The fraction of sp³-hybridized carbons (Fsp3) is 1.00. The normalized spacial score (nSPS) is 19.8. The maximum Gasteiger partial charge on any atom is 0.248 e. The molecule has 0 N–H and O–H groups in total. The summed E-state index contributed by atoms with van der Waals surface area (Å²) in [5.41, 5.74) is 0. The van der Waals surface area contributed by atoms with Crippen molar-refractivity contribution in [3.8, 4) is 0 Å². The Kier molecular flexibility index (Phi) is 3.84. The number of hydrogen-bond acceptors (Lipinski definition) is 0. The molecule has 0 heterocycles. The highest BCUT2D eigenvalue weighted by Gasteiger charge is 2.43. The zero-order valence-corrected chi connectivity index (χ0v) is 6.95. The molecule has 1 rings (SSSR count). The Morgan fingerprint density at radius 3 is 1.50 bits per heavy atom. The molecule has 0 aromatic carbocycles. The lowest BCUT2D eigenvalue weighted by atomic mass is 10.2. The summed E-state index contributed by atoms with van der Waals surface area (Å²) < 4.78 is 22.3. The largest absolute Gasteiger partial charge is 0.248 e. The highest BCUT2D eigenvalue weighted by Crippen LogP contribution is 2.40. The summed E-state index contributed by atoms with van der Waals surface area (Å²) in [6.45, 7) is 6.64. The van der Waals surface area contributed by atoms with E-state index in [1.54, 1.807) is 0 Å². The van der Waals surface area contributed by atoms with Gasteiger partial charge in [-0.2, -0.15) is 0 Å². The second kappa shape index (κ2) is 3.89. The van der Waals surface area contributed by atoms with Gasteiger partial charge in [0.05, 0.1) is 0 Å². The molecule has 2 heteroatoms. The van der Waals surface area contributed by atoms with E-state index in [0.29, 0.717) is 0 Å². The van der Waals surface area contributed by atoms with Gasteiger partial charge in [-0.1, -0.05) is 27.2 Å². The summed E-state index contributed by atoms with van der Waals surface area (Å²) in [6.07, 6.45) is 1.54. The predicted octanol–water partition coefficient (Wildman–Crippen LogP) is 3.47. The molecule has 1 fully saturated rings. The summed E-state index contributed by atoms with van der Waals surface area (Å²) in [5, 5.41) is 0. The van der Waals surface area contributed by atoms with E-state index in [2.05, 4.69) is 20.8 Å². The molecule has 0 aromatic rings. The second-order valence-corrected chi connectivity index (χ2v) is 3.16. The van der Waals surface area contributed by atoms with Crippen LogP contribution in [0.5, 0.6) is 0 Å². The molecule has 0 spiro atoms. The van der Waals surface area contributed by atoms with Crippen LogP contribution in [0.15, 0.2) is 0 Å². The van der Waals surface area contributed by atoms with E-state index < -0.39 is 5.92 Å². The zero-order chi connectivity index (χ0) is 8.20. The summed E-state index contributed by atoms with van der Waals surface area (Å²) in [7, 11) is 0. The Balaban J connectivity index is 0.000000162. The van der Waals surface area contributed by atoms with Crippen LogP contribution in [-0.4, -0.2) is 5.92 Å². The van der Waals surface area contributed by atoms with Gasteiger partial charge >= 0.3 is 0 Å². The van der Waals surface area contributed by atoms with Crippen LogP contribution in [0, 0.1) is 5.92 Å². The molecular formula is C8H16F2. The molecule has 0 atom stereocenters. The van der Waals surface area contributed by atoms with Gasteiger partial charge in [0.25, 0.3) is 0 Å². The number of alkyl halides is 2. The number of halogens is 2. The van der Waals surface area contributed by atoms with E-state index in [9.17, 15) is 8.78 Å². The molecule has 0 bridgehead atoms. The van der Waals surface area contributed by atoms with Gasteiger partial charge in [0.15, 0.2) is 0 Å². The minimum atomic E-state index is -2.25. The maximum atomic E-state index is 11.1. The quantitative estimate of drug-likeness (QED) is 0.537. The molecule has 0 nitrogen and oxygen atoms in total. The van der Waals surface area contributed by atoms with Crippen LogP contribution in [0.4, 0.5) is 8.78 Å². The first-order valence-electron chi connectivity index (χ1n) is 3.86. The molecule has 0 unspecified atom stereocenters. The lowest BCUT2D eigenvalue weighted by Crippen LogP contribution is -1.79. The van der Waals surface area contributed by atoms with Crippen molar-refractivity contribution in [3.05, 3.63) is 0 Å². The van der Waals surface area contributed by atoms with E-state index in [0.717, 1.165) is 5.92 Å². The van der Waals surface area contributed by atoms with Crippen LogP contribution in [-0.2, 0) is 0 Å². The topological polar surface area (TPSA) is 0 Å². The molecule has 10 heavy (non-hydrogen) atoms. The van der Waals surface area contributed by atoms with Crippen molar-refractivity contribution in [2.24, 2.45) is 5.92 Å². The average Bonchev–Trinajstić information content (AvgIpc) is 2.48. The average molecular weight is 150 g/mol. The molecule has 0 saturated heterocycles. The minimum Gasteiger partial charge on any atom is -0.207 e. The van der Waals surface area contributed by atoms with Crippen LogP contribution in [0.3, 0.4) is 0 Å². The lowest BCUT2D eigenvalue weighted by Gasteiger charge is -1.90. The van der Waals surface area contributed by atoms with Crippen LogP contribution in [0.1, 0.15) is 40.0 Å². The summed E-state index contributed by atoms with van der Waals surface area (Å²) in [4.78, 5) is 0. The predicted molar refractivity (Wildman–Crippen MR) is 39.3 cm³/mol. The van der Waals surface area contributed by atoms with Gasteiger partial charge in [0.2, 0.25) is 5.92 Å². The number of hydrogen-bond donors (Lipinski definition) is 0. The smallest absolute Gasteiger partial charge is 0.207 e. The van der Waals surface area contributed by atoms with Crippen molar-refractivity contribution in [2.75, 3.05) is 0 Å². The van der Waals surface area contributed by atoms with E-state index in [1.165, 1.54) is 6.42 Å². The van der Waals surface area contributed by atoms with Gasteiger partial charge in [-0.25, -0.2) is 8.78 Å². The van der Waals surface area contributed by atoms with Gasteiger partial charge in [0, 0.05) is 12.8 Å². The van der Waals surface area contributed by atoms with Gasteiger partial charge in [-0.15, -0.1) is 0 Å². The Hall–Kier alpha value is -0.140. The van der Waals surface area contributed by atoms with Gasteiger partial charge in [0.1, 0.15) is 0 Å². The van der Waals surface area contributed by atoms with Crippen molar-refractivity contribution in [1.82, 2.24) is 0 Å². The second-order valence-electron chi connectivity index (χ2n) is 3.16. The van der Waals surface area contributed by atoms with E-state index in [4.69, 9.17) is 0 Å². The van der Waals surface area contributed by atoms with Crippen LogP contribution >= 0.6 is 0 Å². The van der Waals surface area contributed by atoms with Crippen LogP contribution in [0.25, 0.3) is 0 Å². The first kappa shape index (κ1) is 9.86. The van der Waals surface area contributed by atoms with Gasteiger partial charge in [-0.05, 0) is 5.92 Å². The molecule has 62 valence electrons. The summed E-state index contributed by atoms with van der Waals surface area (Å²) in [6, 6.07) is 0. The molecule has 0 amide bonds. The molecule has 0 aromatic heterocycles. The molecule has 1 aliphatic carbocycles. The highest BCUT2D eigenvalue weighted by molar-refractivity contribution is 4.81. The van der Waals surface area contributed by atoms with Gasteiger partial charge in [-0.3, -0.25) is 0 Å². The Bertz CT molecular complexity index is 81.3. The SMILES string of the molecule is CCC(C)C.FC1(F)CC1. The number of rotatable bonds is 1. The summed E-state index contributed by atoms with van der Waals surface area (Å²) in [5.74, 6) is -1.37. The third-order valence-corrected chi connectivity index (χ3v) is 1.44. The zero-order valence-electron chi connectivity index (χ0n) is 6.95. The molecule has 1 aliphatic rings. The third-order valence-electron chi connectivity index (χ3n) is 1.44. The Morgan fingerprint density at radius 2 is 1.50 bits per heavy atom. The van der Waals surface area contributed by atoms with Gasteiger partial charge < -0.3 is 0 Å². The fourth-order valence-electron chi connectivity index (χ4n) is 0.0945. The van der Waals surface area contributed by atoms with E-state index in [1.807, 2.05) is 0 Å². The minimum absolute atomic E-state index is 0.118. The van der Waals surface area contributed by atoms with Crippen molar-refractivity contribution in [1.29, 1.82) is 0 Å². The Morgan fingerprint density at radius 1 is 1.30 bits per heavy atom. The first-order valence-corrected chi connectivity index (χ1v) is 3.86. The van der Waals surface area contributed by atoms with E-state index in [-0.39, 0.29) is 12.8 Å². The van der Waals surface area contributed by atoms with Crippen LogP contribution < -0.4 is 0 Å². The first-order chi connectivity index (χ1) is 4.48. The molecule has 0 radical (unpaired) electrons. The van der Waals surface area contributed by atoms with E-state index >= 15 is 0 Å². The van der Waals surface area contributed by atoms with Crippen LogP contribution in [0.2, 0.25) is 0 Å². The monoisotopic (exact) mass is 150 g/mol. The third kappa shape index (κ3) is 7.86. The highest BCUT2D eigenvalue weighted by atomic mass is 19.3. The maximum absolute atomic E-state index is 11.1. The van der Waals surface area contributed by atoms with Crippen molar-refractivity contribution < 1.29 is 8.78 Å². The standard InChI is InChI=1S/C5H12.C3H4F2/c1-4-5(2)3;4-3(5)1-2-3/h5H,4H2,1-3H3;1-2H2.